The summed E-state index contributed by atoms with van der Waals surface area (Å²) in [7, 11) is 1.50. The van der Waals surface area contributed by atoms with Gasteiger partial charge in [-0.15, -0.1) is 0 Å². The molecule has 0 bridgehead atoms. The van der Waals surface area contributed by atoms with Crippen molar-refractivity contribution in [2.75, 3.05) is 33.5 Å². The fourth-order valence-corrected chi connectivity index (χ4v) is 7.02. The van der Waals surface area contributed by atoms with Crippen LogP contribution in [0.25, 0.3) is 12.2 Å². The van der Waals surface area contributed by atoms with E-state index >= 15 is 0 Å². The zero-order valence-electron chi connectivity index (χ0n) is 44.5. The SMILES string of the molecule is C=C(OC)OCc1ccc(/C=C/C(=O)Oc2ccc(OC(=O)/C=C/c3ccc(COC(=O)C(C)CC)c(OCCCCCC)c3OCCCCCC)cc2)c(OCCCCCC)c1OCCCCCC.C=O. The molecule has 1 atom stereocenters. The van der Waals surface area contributed by atoms with E-state index in [-0.39, 0.29) is 42.5 Å². The number of rotatable bonds is 38. The van der Waals surface area contributed by atoms with Crippen LogP contribution in [-0.2, 0) is 46.6 Å². The molecule has 3 aromatic carbocycles. The monoisotopic (exact) mass is 1000 g/mol. The van der Waals surface area contributed by atoms with Crippen molar-refractivity contribution >= 4 is 36.8 Å². The predicted octanol–water partition coefficient (Wildman–Crippen LogP) is 14.3. The summed E-state index contributed by atoms with van der Waals surface area (Å²) < 4.78 is 53.3. The van der Waals surface area contributed by atoms with Crippen molar-refractivity contribution in [3.05, 3.63) is 95.5 Å². The van der Waals surface area contributed by atoms with E-state index in [1.807, 2.05) is 44.9 Å². The number of benzene rings is 3. The summed E-state index contributed by atoms with van der Waals surface area (Å²) in [6.07, 6.45) is 23.1. The number of esters is 3. The molecular weight excluding hydrogens is 917 g/mol. The van der Waals surface area contributed by atoms with Crippen molar-refractivity contribution in [1.29, 1.82) is 0 Å². The van der Waals surface area contributed by atoms with Crippen LogP contribution in [0.1, 0.15) is 173 Å². The number of carbonyl (C=O) groups is 4. The van der Waals surface area contributed by atoms with Gasteiger partial charge in [0.05, 0.1) is 39.5 Å². The van der Waals surface area contributed by atoms with Crippen molar-refractivity contribution in [1.82, 2.24) is 0 Å². The third kappa shape index (κ3) is 24.3. The number of hydrogen-bond donors (Lipinski definition) is 0. The van der Waals surface area contributed by atoms with Crippen LogP contribution in [0.5, 0.6) is 34.5 Å². The molecule has 0 heterocycles. The normalized spacial score (nSPS) is 11.3. The maximum atomic E-state index is 13.2. The molecule has 0 radical (unpaired) electrons. The first-order chi connectivity index (χ1) is 35.1. The minimum atomic E-state index is -0.621. The summed E-state index contributed by atoms with van der Waals surface area (Å²) >= 11 is 0. The summed E-state index contributed by atoms with van der Waals surface area (Å²) in [5.74, 6) is 1.05. The highest BCUT2D eigenvalue weighted by atomic mass is 16.7. The predicted molar refractivity (Wildman–Crippen MR) is 285 cm³/mol. The average molecular weight is 1000 g/mol. The number of hydrogen-bond acceptors (Lipinski definition) is 13. The molecule has 398 valence electrons. The maximum Gasteiger partial charge on any atom is 0.336 e. The smallest absolute Gasteiger partial charge is 0.336 e. The lowest BCUT2D eigenvalue weighted by molar-refractivity contribution is -0.149. The van der Waals surface area contributed by atoms with E-state index < -0.39 is 11.9 Å². The van der Waals surface area contributed by atoms with Crippen molar-refractivity contribution in [2.45, 2.75) is 164 Å². The highest BCUT2D eigenvalue weighted by Gasteiger charge is 2.21. The molecule has 0 spiro atoms. The van der Waals surface area contributed by atoms with Crippen molar-refractivity contribution in [3.63, 3.8) is 0 Å². The zero-order chi connectivity index (χ0) is 52.8. The fraction of sp³-hybridized carbons (Fsp3) is 0.525. The first-order valence-electron chi connectivity index (χ1n) is 26.1. The van der Waals surface area contributed by atoms with Gasteiger partial charge in [0, 0.05) is 34.4 Å². The van der Waals surface area contributed by atoms with Gasteiger partial charge in [0.25, 0.3) is 5.95 Å². The van der Waals surface area contributed by atoms with Crippen LogP contribution in [0.15, 0.2) is 73.2 Å². The van der Waals surface area contributed by atoms with Crippen LogP contribution in [0.4, 0.5) is 0 Å². The molecule has 0 saturated heterocycles. The van der Waals surface area contributed by atoms with Gasteiger partial charge < -0.3 is 47.4 Å². The molecular formula is C59H84O13. The third-order valence-corrected chi connectivity index (χ3v) is 11.5. The Balaban J connectivity index is 0.00000876. The molecule has 13 nitrogen and oxygen atoms in total. The van der Waals surface area contributed by atoms with Gasteiger partial charge in [-0.05, 0) is 75.1 Å². The second kappa shape index (κ2) is 38.4. The Morgan fingerprint density at radius 1 is 0.500 bits per heavy atom. The van der Waals surface area contributed by atoms with Gasteiger partial charge in [0.15, 0.2) is 23.0 Å². The molecule has 0 N–H and O–H groups in total. The topological polar surface area (TPSA) is 151 Å². The summed E-state index contributed by atoms with van der Waals surface area (Å²) in [4.78, 5) is 47.0. The zero-order valence-corrected chi connectivity index (χ0v) is 44.5. The molecule has 0 fully saturated rings. The van der Waals surface area contributed by atoms with Crippen LogP contribution >= 0.6 is 0 Å². The quantitative estimate of drug-likeness (QED) is 0.0176. The van der Waals surface area contributed by atoms with Gasteiger partial charge in [-0.25, -0.2) is 9.59 Å². The summed E-state index contributed by atoms with van der Waals surface area (Å²) in [5, 5.41) is 0. The van der Waals surface area contributed by atoms with Crippen molar-refractivity contribution in [3.8, 4) is 34.5 Å². The minimum Gasteiger partial charge on any atom is -0.489 e. The average Bonchev–Trinajstić information content (AvgIpc) is 3.39. The Kier molecular flexibility index (Phi) is 33.0. The third-order valence-electron chi connectivity index (χ3n) is 11.5. The lowest BCUT2D eigenvalue weighted by Gasteiger charge is -2.19. The van der Waals surface area contributed by atoms with E-state index in [0.29, 0.717) is 72.5 Å². The molecule has 13 heteroatoms. The highest BCUT2D eigenvalue weighted by Crippen LogP contribution is 2.39. The van der Waals surface area contributed by atoms with Gasteiger partial charge in [0.2, 0.25) is 0 Å². The first kappa shape index (κ1) is 61.9. The Bertz CT molecular complexity index is 2070. The lowest BCUT2D eigenvalue weighted by Crippen LogP contribution is -2.14. The Morgan fingerprint density at radius 2 is 0.861 bits per heavy atom. The molecule has 0 aliphatic rings. The Hall–Kier alpha value is -6.24. The van der Waals surface area contributed by atoms with Crippen LogP contribution in [0.3, 0.4) is 0 Å². The summed E-state index contributed by atoms with van der Waals surface area (Å²) in [6.45, 7) is 20.3. The second-order valence-corrected chi connectivity index (χ2v) is 17.3. The molecule has 72 heavy (non-hydrogen) atoms. The van der Waals surface area contributed by atoms with Crippen LogP contribution < -0.4 is 28.4 Å². The summed E-state index contributed by atoms with van der Waals surface area (Å²) in [5.41, 5.74) is 2.73. The Morgan fingerprint density at radius 3 is 1.21 bits per heavy atom. The van der Waals surface area contributed by atoms with Gasteiger partial charge in [-0.2, -0.15) is 0 Å². The van der Waals surface area contributed by atoms with Gasteiger partial charge in [-0.3, -0.25) is 4.79 Å². The van der Waals surface area contributed by atoms with Gasteiger partial charge >= 0.3 is 17.9 Å². The van der Waals surface area contributed by atoms with Gasteiger partial charge in [0.1, 0.15) is 31.5 Å². The molecule has 1 unspecified atom stereocenters. The van der Waals surface area contributed by atoms with E-state index in [0.717, 1.165) is 108 Å². The van der Waals surface area contributed by atoms with Crippen LogP contribution in [0.2, 0.25) is 0 Å². The fourth-order valence-electron chi connectivity index (χ4n) is 7.02. The lowest BCUT2D eigenvalue weighted by atomic mass is 10.1. The largest absolute Gasteiger partial charge is 0.489 e. The second-order valence-electron chi connectivity index (χ2n) is 17.3. The maximum absolute atomic E-state index is 13.2. The molecule has 3 rings (SSSR count). The van der Waals surface area contributed by atoms with E-state index in [9.17, 15) is 14.4 Å². The molecule has 3 aromatic rings. The number of methoxy groups -OCH3 is 1. The molecule has 0 aliphatic carbocycles. The number of carbonyl (C=O) groups excluding carboxylic acids is 4. The van der Waals surface area contributed by atoms with E-state index in [2.05, 4.69) is 34.3 Å². The van der Waals surface area contributed by atoms with Crippen LogP contribution in [-0.4, -0.2) is 58.2 Å². The van der Waals surface area contributed by atoms with E-state index in [1.165, 1.54) is 19.3 Å². The van der Waals surface area contributed by atoms with Crippen molar-refractivity contribution in [2.24, 2.45) is 5.92 Å². The van der Waals surface area contributed by atoms with Gasteiger partial charge in [-0.1, -0.05) is 143 Å². The van der Waals surface area contributed by atoms with Crippen molar-refractivity contribution < 1.29 is 61.8 Å². The number of unbranched alkanes of at least 4 members (excludes halogenated alkanes) is 12. The standard InChI is InChI=1S/C58H82O12.CH2O/c1-9-14-18-22-38-63-54-46(26-28-48(42-67-45(7)62-8)56(54)65-40-24-20-16-11-3)30-36-52(59)69-50-32-34-51(35-33-50)70-53(60)37-31-47-27-29-49(43-68-58(61)44(6)13-5)57(66-41-25-21-17-12-4)55(47)64-39-23-19-15-10-2;1-2/h26-37,44H,7,9-25,38-43H2,1-6,8H3;1H2/b36-30+,37-31+;. The van der Waals surface area contributed by atoms with E-state index in [4.69, 9.17) is 47.4 Å². The summed E-state index contributed by atoms with van der Waals surface area (Å²) in [6, 6.07) is 13.6. The molecule has 0 aromatic heterocycles. The molecule has 0 amide bonds. The van der Waals surface area contributed by atoms with E-state index in [1.54, 1.807) is 36.4 Å². The Labute approximate surface area is 430 Å². The number of ether oxygens (including phenoxy) is 9. The minimum absolute atomic E-state index is 0.0370. The first-order valence-corrected chi connectivity index (χ1v) is 26.1. The molecule has 0 aliphatic heterocycles. The highest BCUT2D eigenvalue weighted by molar-refractivity contribution is 5.90. The molecule has 0 saturated carbocycles. The van der Waals surface area contributed by atoms with Crippen LogP contribution in [0, 0.1) is 5.92 Å².